The van der Waals surface area contributed by atoms with Gasteiger partial charge in [-0.15, -0.1) is 0 Å². The summed E-state index contributed by atoms with van der Waals surface area (Å²) in [6.07, 6.45) is 1.01. The molecule has 0 amide bonds. The lowest BCUT2D eigenvalue weighted by molar-refractivity contribution is 0.970. The van der Waals surface area contributed by atoms with Gasteiger partial charge in [-0.3, -0.25) is 0 Å². The van der Waals surface area contributed by atoms with Gasteiger partial charge >= 0.3 is 0 Å². The van der Waals surface area contributed by atoms with Gasteiger partial charge in [0.1, 0.15) is 5.82 Å². The molecule has 2 aromatic rings. The lowest BCUT2D eigenvalue weighted by Gasteiger charge is -2.11. The van der Waals surface area contributed by atoms with E-state index in [-0.39, 0.29) is 0 Å². The molecule has 0 radical (unpaired) electrons. The van der Waals surface area contributed by atoms with Crippen LogP contribution >= 0.6 is 39.1 Å². The average molecular weight is 360 g/mol. The Morgan fingerprint density at radius 3 is 2.68 bits per heavy atom. The van der Waals surface area contributed by atoms with Gasteiger partial charge in [-0.05, 0) is 24.6 Å². The maximum Gasteiger partial charge on any atom is 0.145 e. The van der Waals surface area contributed by atoms with Gasteiger partial charge in [0.05, 0.1) is 15.7 Å². The number of pyridine rings is 1. The molecule has 100 valence electrons. The van der Waals surface area contributed by atoms with Gasteiger partial charge in [0.15, 0.2) is 0 Å². The SMILES string of the molecule is CCCNc1nc(-c2cccc(Br)c2)c(Cl)cc1Cl. The number of anilines is 1. The summed E-state index contributed by atoms with van der Waals surface area (Å²) in [5, 5.41) is 4.29. The minimum atomic E-state index is 0.539. The minimum absolute atomic E-state index is 0.539. The summed E-state index contributed by atoms with van der Waals surface area (Å²) in [5.74, 6) is 0.669. The molecule has 1 N–H and O–H groups in total. The summed E-state index contributed by atoms with van der Waals surface area (Å²) >= 11 is 15.8. The van der Waals surface area contributed by atoms with Gasteiger partial charge in [0.2, 0.25) is 0 Å². The van der Waals surface area contributed by atoms with Crippen LogP contribution < -0.4 is 5.32 Å². The first-order valence-corrected chi connectivity index (χ1v) is 7.52. The number of nitrogens with zero attached hydrogens (tertiary/aromatic N) is 1. The highest BCUT2D eigenvalue weighted by atomic mass is 79.9. The minimum Gasteiger partial charge on any atom is -0.369 e. The van der Waals surface area contributed by atoms with Crippen molar-refractivity contribution in [3.05, 3.63) is 44.8 Å². The molecule has 0 saturated heterocycles. The van der Waals surface area contributed by atoms with E-state index in [9.17, 15) is 0 Å². The molecule has 1 aromatic heterocycles. The molecule has 1 heterocycles. The van der Waals surface area contributed by atoms with E-state index in [0.717, 1.165) is 28.7 Å². The van der Waals surface area contributed by atoms with Crippen LogP contribution in [-0.4, -0.2) is 11.5 Å². The van der Waals surface area contributed by atoms with Crippen LogP contribution in [0.2, 0.25) is 10.0 Å². The molecule has 0 aliphatic rings. The number of aromatic nitrogens is 1. The van der Waals surface area contributed by atoms with E-state index >= 15 is 0 Å². The Morgan fingerprint density at radius 2 is 2.00 bits per heavy atom. The Hall–Kier alpha value is -0.770. The highest BCUT2D eigenvalue weighted by molar-refractivity contribution is 9.10. The van der Waals surface area contributed by atoms with E-state index in [0.29, 0.717) is 15.9 Å². The Bertz CT molecular complexity index is 588. The van der Waals surface area contributed by atoms with Crippen LogP contribution in [0, 0.1) is 0 Å². The van der Waals surface area contributed by atoms with Crippen molar-refractivity contribution in [1.82, 2.24) is 4.98 Å². The molecule has 1 aromatic carbocycles. The fourth-order valence-corrected chi connectivity index (χ4v) is 2.61. The quantitative estimate of drug-likeness (QED) is 0.763. The van der Waals surface area contributed by atoms with Crippen LogP contribution in [0.1, 0.15) is 13.3 Å². The molecular formula is C14H13BrCl2N2. The molecule has 0 atom stereocenters. The second-order valence-corrected chi connectivity index (χ2v) is 5.82. The van der Waals surface area contributed by atoms with Crippen molar-refractivity contribution in [2.45, 2.75) is 13.3 Å². The second-order valence-electron chi connectivity index (χ2n) is 4.09. The van der Waals surface area contributed by atoms with Gasteiger partial charge in [-0.2, -0.15) is 0 Å². The lowest BCUT2D eigenvalue weighted by Crippen LogP contribution is -2.03. The van der Waals surface area contributed by atoms with Crippen molar-refractivity contribution in [3.8, 4) is 11.3 Å². The zero-order valence-corrected chi connectivity index (χ0v) is 13.5. The number of rotatable bonds is 4. The number of nitrogens with one attached hydrogen (secondary N) is 1. The number of hydrogen-bond acceptors (Lipinski definition) is 2. The number of hydrogen-bond donors (Lipinski definition) is 1. The third kappa shape index (κ3) is 3.62. The summed E-state index contributed by atoms with van der Waals surface area (Å²) < 4.78 is 0.987. The summed E-state index contributed by atoms with van der Waals surface area (Å²) in [4.78, 5) is 4.52. The normalized spacial score (nSPS) is 10.5. The van der Waals surface area contributed by atoms with E-state index in [1.165, 1.54) is 0 Å². The monoisotopic (exact) mass is 358 g/mol. The Labute approximate surface area is 131 Å². The fourth-order valence-electron chi connectivity index (χ4n) is 1.67. The lowest BCUT2D eigenvalue weighted by atomic mass is 10.1. The first-order valence-electron chi connectivity index (χ1n) is 5.97. The van der Waals surface area contributed by atoms with Crippen LogP contribution in [0.25, 0.3) is 11.3 Å². The molecule has 19 heavy (non-hydrogen) atoms. The molecule has 0 spiro atoms. The van der Waals surface area contributed by atoms with E-state index in [1.54, 1.807) is 6.07 Å². The standard InChI is InChI=1S/C14H13BrCl2N2/c1-2-6-18-14-12(17)8-11(16)13(19-14)9-4-3-5-10(15)7-9/h3-5,7-8H,2,6H2,1H3,(H,18,19). The number of halogens is 3. The zero-order valence-electron chi connectivity index (χ0n) is 10.4. The summed E-state index contributed by atoms with van der Waals surface area (Å²) in [5.41, 5.74) is 1.68. The van der Waals surface area contributed by atoms with Gasteiger partial charge in [0, 0.05) is 16.6 Å². The van der Waals surface area contributed by atoms with Gasteiger partial charge in [-0.25, -0.2) is 4.98 Å². The highest BCUT2D eigenvalue weighted by Crippen LogP contribution is 2.33. The fraction of sp³-hybridized carbons (Fsp3) is 0.214. The summed E-state index contributed by atoms with van der Waals surface area (Å²) in [7, 11) is 0. The molecule has 0 aliphatic heterocycles. The Morgan fingerprint density at radius 1 is 1.21 bits per heavy atom. The van der Waals surface area contributed by atoms with Crippen molar-refractivity contribution in [2.24, 2.45) is 0 Å². The Kier molecular flexibility index (Phi) is 5.08. The van der Waals surface area contributed by atoms with Gasteiger partial charge in [0.25, 0.3) is 0 Å². The second kappa shape index (κ2) is 6.60. The maximum atomic E-state index is 6.23. The maximum absolute atomic E-state index is 6.23. The largest absolute Gasteiger partial charge is 0.369 e. The predicted molar refractivity (Wildman–Crippen MR) is 86.2 cm³/mol. The molecule has 0 bridgehead atoms. The van der Waals surface area contributed by atoms with Gasteiger partial charge in [-0.1, -0.05) is 58.2 Å². The molecule has 0 saturated carbocycles. The molecule has 5 heteroatoms. The van der Waals surface area contributed by atoms with Crippen LogP contribution in [0.5, 0.6) is 0 Å². The Balaban J connectivity index is 2.45. The van der Waals surface area contributed by atoms with E-state index in [4.69, 9.17) is 23.2 Å². The predicted octanol–water partition coefficient (Wildman–Crippen LogP) is 5.64. The van der Waals surface area contributed by atoms with Crippen molar-refractivity contribution in [3.63, 3.8) is 0 Å². The van der Waals surface area contributed by atoms with Gasteiger partial charge < -0.3 is 5.32 Å². The molecule has 2 nitrogen and oxygen atoms in total. The van der Waals surface area contributed by atoms with Crippen molar-refractivity contribution >= 4 is 44.9 Å². The third-order valence-electron chi connectivity index (χ3n) is 2.57. The average Bonchev–Trinajstić information content (AvgIpc) is 2.38. The summed E-state index contributed by atoms with van der Waals surface area (Å²) in [6.45, 7) is 2.91. The van der Waals surface area contributed by atoms with E-state index < -0.39 is 0 Å². The third-order valence-corrected chi connectivity index (χ3v) is 3.64. The smallest absolute Gasteiger partial charge is 0.145 e. The van der Waals surface area contributed by atoms with Crippen molar-refractivity contribution < 1.29 is 0 Å². The highest BCUT2D eigenvalue weighted by Gasteiger charge is 2.11. The topological polar surface area (TPSA) is 24.9 Å². The molecular weight excluding hydrogens is 347 g/mol. The summed E-state index contributed by atoms with van der Waals surface area (Å²) in [6, 6.07) is 9.58. The first kappa shape index (κ1) is 14.6. The van der Waals surface area contributed by atoms with E-state index in [1.807, 2.05) is 24.3 Å². The van der Waals surface area contributed by atoms with Crippen molar-refractivity contribution in [2.75, 3.05) is 11.9 Å². The van der Waals surface area contributed by atoms with Crippen molar-refractivity contribution in [1.29, 1.82) is 0 Å². The molecule has 0 fully saturated rings. The van der Waals surface area contributed by atoms with Crippen LogP contribution in [0.15, 0.2) is 34.8 Å². The van der Waals surface area contributed by atoms with Crippen LogP contribution in [-0.2, 0) is 0 Å². The first-order chi connectivity index (χ1) is 9.11. The van der Waals surface area contributed by atoms with E-state index in [2.05, 4.69) is 33.2 Å². The van der Waals surface area contributed by atoms with Crippen LogP contribution in [0.4, 0.5) is 5.82 Å². The van der Waals surface area contributed by atoms with Crippen LogP contribution in [0.3, 0.4) is 0 Å². The number of benzene rings is 1. The molecule has 0 unspecified atom stereocenters. The molecule has 0 aliphatic carbocycles. The zero-order chi connectivity index (χ0) is 13.8. The molecule has 2 rings (SSSR count).